The maximum absolute atomic E-state index is 12.6. The highest BCUT2D eigenvalue weighted by atomic mass is 19.4. The Hall–Kier alpha value is -2.36. The van der Waals surface area contributed by atoms with E-state index in [2.05, 4.69) is 10.3 Å². The van der Waals surface area contributed by atoms with E-state index in [0.717, 1.165) is 18.7 Å². The van der Waals surface area contributed by atoms with Gasteiger partial charge in [-0.05, 0) is 18.6 Å². The number of hydrogen-bond acceptors (Lipinski definition) is 5. The van der Waals surface area contributed by atoms with Gasteiger partial charge in [0.2, 0.25) is 5.91 Å². The van der Waals surface area contributed by atoms with Crippen molar-refractivity contribution < 1.29 is 22.8 Å². The number of alkyl halides is 3. The summed E-state index contributed by atoms with van der Waals surface area (Å²) in [5, 5.41) is 2.59. The lowest BCUT2D eigenvalue weighted by molar-refractivity contribution is -0.137. The molecule has 0 bridgehead atoms. The molecule has 142 valence electrons. The standard InChI is InChI=1S/C16H20F3N5O2/c17-16(18,19)12-2-3-13(21-10-12)23-6-1-5-22(8-9-23)11-14(25)24-7-4-20-15(24)26/h2-3,10H,1,4-9,11H2,(H,20,26). The van der Waals surface area contributed by atoms with Gasteiger partial charge in [0.1, 0.15) is 5.82 Å². The SMILES string of the molecule is O=C(CN1CCCN(c2ccc(C(F)(F)F)cn2)CC1)N1CCNC1=O. The molecule has 1 N–H and O–H groups in total. The van der Waals surface area contributed by atoms with E-state index in [4.69, 9.17) is 0 Å². The van der Waals surface area contributed by atoms with Gasteiger partial charge in [0.15, 0.2) is 0 Å². The van der Waals surface area contributed by atoms with E-state index in [9.17, 15) is 22.8 Å². The summed E-state index contributed by atoms with van der Waals surface area (Å²) in [6.07, 6.45) is -2.81. The van der Waals surface area contributed by atoms with Crippen LogP contribution in [-0.4, -0.2) is 72.5 Å². The largest absolute Gasteiger partial charge is 0.417 e. The second-order valence-electron chi connectivity index (χ2n) is 6.30. The Bertz CT molecular complexity index is 665. The lowest BCUT2D eigenvalue weighted by Crippen LogP contribution is -2.43. The van der Waals surface area contributed by atoms with Crippen molar-refractivity contribution in [3.8, 4) is 0 Å². The summed E-state index contributed by atoms with van der Waals surface area (Å²) in [4.78, 5) is 32.8. The Morgan fingerprint density at radius 1 is 1.15 bits per heavy atom. The number of pyridine rings is 1. The van der Waals surface area contributed by atoms with Crippen LogP contribution in [0.3, 0.4) is 0 Å². The second kappa shape index (κ2) is 7.48. The van der Waals surface area contributed by atoms with Crippen LogP contribution in [0.1, 0.15) is 12.0 Å². The number of hydrogen-bond donors (Lipinski definition) is 1. The molecule has 2 fully saturated rings. The average Bonchev–Trinajstić information content (AvgIpc) is 2.89. The zero-order valence-corrected chi connectivity index (χ0v) is 14.1. The first-order chi connectivity index (χ1) is 12.3. The number of rotatable bonds is 3. The third-order valence-electron chi connectivity index (χ3n) is 4.50. The maximum Gasteiger partial charge on any atom is 0.417 e. The van der Waals surface area contributed by atoms with Crippen molar-refractivity contribution in [1.82, 2.24) is 20.1 Å². The van der Waals surface area contributed by atoms with E-state index in [1.54, 1.807) is 0 Å². The zero-order chi connectivity index (χ0) is 18.7. The van der Waals surface area contributed by atoms with Crippen LogP contribution in [0.15, 0.2) is 18.3 Å². The Morgan fingerprint density at radius 2 is 1.96 bits per heavy atom. The fraction of sp³-hybridized carbons (Fsp3) is 0.562. The van der Waals surface area contributed by atoms with E-state index in [0.29, 0.717) is 45.1 Å². The molecule has 10 heteroatoms. The van der Waals surface area contributed by atoms with Crippen molar-refractivity contribution in [1.29, 1.82) is 0 Å². The molecule has 3 rings (SSSR count). The van der Waals surface area contributed by atoms with Gasteiger partial charge in [0, 0.05) is 45.5 Å². The van der Waals surface area contributed by atoms with Crippen LogP contribution in [0.5, 0.6) is 0 Å². The fourth-order valence-electron chi connectivity index (χ4n) is 3.09. The monoisotopic (exact) mass is 371 g/mol. The number of urea groups is 1. The van der Waals surface area contributed by atoms with E-state index in [1.165, 1.54) is 11.0 Å². The van der Waals surface area contributed by atoms with Gasteiger partial charge in [-0.1, -0.05) is 0 Å². The summed E-state index contributed by atoms with van der Waals surface area (Å²) in [6, 6.07) is 2.04. The summed E-state index contributed by atoms with van der Waals surface area (Å²) < 4.78 is 37.9. The summed E-state index contributed by atoms with van der Waals surface area (Å²) in [5.41, 5.74) is -0.771. The first kappa shape index (κ1) is 18.4. The van der Waals surface area contributed by atoms with Crippen molar-refractivity contribution in [2.75, 3.05) is 50.7 Å². The number of nitrogens with zero attached hydrogens (tertiary/aromatic N) is 4. The van der Waals surface area contributed by atoms with E-state index < -0.39 is 11.7 Å². The lowest BCUT2D eigenvalue weighted by atomic mass is 10.2. The molecule has 0 saturated carbocycles. The first-order valence-corrected chi connectivity index (χ1v) is 8.43. The topological polar surface area (TPSA) is 68.8 Å². The highest BCUT2D eigenvalue weighted by Gasteiger charge is 2.31. The van der Waals surface area contributed by atoms with E-state index in [-0.39, 0.29) is 18.5 Å². The molecule has 0 atom stereocenters. The molecule has 0 aromatic carbocycles. The highest BCUT2D eigenvalue weighted by Crippen LogP contribution is 2.29. The number of carbonyl (C=O) groups is 2. The van der Waals surface area contributed by atoms with Crippen LogP contribution in [0, 0.1) is 0 Å². The van der Waals surface area contributed by atoms with Gasteiger partial charge in [0.25, 0.3) is 0 Å². The summed E-state index contributed by atoms with van der Waals surface area (Å²) in [6.45, 7) is 3.46. The Morgan fingerprint density at radius 3 is 2.58 bits per heavy atom. The third-order valence-corrected chi connectivity index (χ3v) is 4.50. The van der Waals surface area contributed by atoms with E-state index in [1.807, 2.05) is 9.80 Å². The minimum Gasteiger partial charge on any atom is -0.355 e. The van der Waals surface area contributed by atoms with Gasteiger partial charge in [-0.15, -0.1) is 0 Å². The molecular weight excluding hydrogens is 351 g/mol. The molecule has 2 aliphatic rings. The number of imide groups is 1. The predicted octanol–water partition coefficient (Wildman–Crippen LogP) is 1.16. The van der Waals surface area contributed by atoms with Crippen molar-refractivity contribution in [3.63, 3.8) is 0 Å². The predicted molar refractivity (Wildman–Crippen MR) is 87.6 cm³/mol. The molecule has 26 heavy (non-hydrogen) atoms. The van der Waals surface area contributed by atoms with E-state index >= 15 is 0 Å². The molecule has 2 aliphatic heterocycles. The maximum atomic E-state index is 12.6. The molecule has 0 unspecified atom stereocenters. The molecule has 3 heterocycles. The fourth-order valence-corrected chi connectivity index (χ4v) is 3.09. The van der Waals surface area contributed by atoms with Gasteiger partial charge in [-0.2, -0.15) is 13.2 Å². The van der Waals surface area contributed by atoms with Gasteiger partial charge in [0.05, 0.1) is 12.1 Å². The molecule has 7 nitrogen and oxygen atoms in total. The van der Waals surface area contributed by atoms with Crippen LogP contribution >= 0.6 is 0 Å². The smallest absolute Gasteiger partial charge is 0.355 e. The molecule has 3 amide bonds. The number of nitrogens with one attached hydrogen (secondary N) is 1. The molecular formula is C16H20F3N5O2. The van der Waals surface area contributed by atoms with Gasteiger partial charge in [-0.3, -0.25) is 14.6 Å². The summed E-state index contributed by atoms with van der Waals surface area (Å²) in [5.74, 6) is 0.256. The minimum absolute atomic E-state index is 0.154. The average molecular weight is 371 g/mol. The van der Waals surface area contributed by atoms with Crippen LogP contribution in [0.2, 0.25) is 0 Å². The lowest BCUT2D eigenvalue weighted by Gasteiger charge is -2.23. The van der Waals surface area contributed by atoms with Gasteiger partial charge < -0.3 is 10.2 Å². The zero-order valence-electron chi connectivity index (χ0n) is 14.1. The van der Waals surface area contributed by atoms with Crippen LogP contribution in [-0.2, 0) is 11.0 Å². The Labute approximate surface area is 148 Å². The summed E-state index contributed by atoms with van der Waals surface area (Å²) >= 11 is 0. The Balaban J connectivity index is 1.56. The summed E-state index contributed by atoms with van der Waals surface area (Å²) in [7, 11) is 0. The molecule has 0 spiro atoms. The van der Waals surface area contributed by atoms with Crippen LogP contribution < -0.4 is 10.2 Å². The van der Waals surface area contributed by atoms with Gasteiger partial charge in [-0.25, -0.2) is 9.78 Å². The van der Waals surface area contributed by atoms with Crippen molar-refractivity contribution >= 4 is 17.8 Å². The molecule has 1 aromatic heterocycles. The molecule has 0 aliphatic carbocycles. The van der Waals surface area contributed by atoms with Crippen molar-refractivity contribution in [2.24, 2.45) is 0 Å². The molecule has 0 radical (unpaired) electrons. The van der Waals surface area contributed by atoms with Gasteiger partial charge >= 0.3 is 12.2 Å². The van der Waals surface area contributed by atoms with Crippen molar-refractivity contribution in [2.45, 2.75) is 12.6 Å². The number of halogens is 3. The number of aromatic nitrogens is 1. The third kappa shape index (κ3) is 4.24. The number of amides is 3. The second-order valence-corrected chi connectivity index (χ2v) is 6.30. The normalized spacial score (nSPS) is 19.4. The highest BCUT2D eigenvalue weighted by molar-refractivity contribution is 5.96. The molecule has 2 saturated heterocycles. The quantitative estimate of drug-likeness (QED) is 0.864. The number of carbonyl (C=O) groups excluding carboxylic acids is 2. The first-order valence-electron chi connectivity index (χ1n) is 8.43. The van der Waals surface area contributed by atoms with Crippen molar-refractivity contribution in [3.05, 3.63) is 23.9 Å². The Kier molecular flexibility index (Phi) is 5.30. The van der Waals surface area contributed by atoms with Crippen LogP contribution in [0.25, 0.3) is 0 Å². The van der Waals surface area contributed by atoms with Crippen LogP contribution in [0.4, 0.5) is 23.8 Å². The minimum atomic E-state index is -4.40. The molecule has 1 aromatic rings. The number of anilines is 1.